The third-order valence-corrected chi connectivity index (χ3v) is 3.48. The molecule has 0 spiro atoms. The summed E-state index contributed by atoms with van der Waals surface area (Å²) in [5.41, 5.74) is 3.66. The summed E-state index contributed by atoms with van der Waals surface area (Å²) in [6, 6.07) is 14.5. The van der Waals surface area contributed by atoms with Gasteiger partial charge in [0.1, 0.15) is 5.75 Å². The molecular formula is C15H16INO. The fourth-order valence-electron chi connectivity index (χ4n) is 1.81. The van der Waals surface area contributed by atoms with Gasteiger partial charge in [-0.15, -0.1) is 0 Å². The Bertz CT molecular complexity index is 540. The average molecular weight is 353 g/mol. The molecule has 3 heteroatoms. The first kappa shape index (κ1) is 13.2. The van der Waals surface area contributed by atoms with Crippen LogP contribution in [0, 0.1) is 10.5 Å². The second-order valence-corrected chi connectivity index (χ2v) is 5.41. The lowest BCUT2D eigenvalue weighted by Gasteiger charge is -2.10. The molecule has 0 saturated heterocycles. The molecule has 0 unspecified atom stereocenters. The van der Waals surface area contributed by atoms with Crippen LogP contribution < -0.4 is 10.1 Å². The summed E-state index contributed by atoms with van der Waals surface area (Å²) in [5.74, 6) is 0.897. The van der Waals surface area contributed by atoms with Gasteiger partial charge in [0.15, 0.2) is 0 Å². The molecule has 18 heavy (non-hydrogen) atoms. The Balaban J connectivity index is 2.06. The third-order valence-electron chi connectivity index (χ3n) is 2.81. The molecule has 0 atom stereocenters. The van der Waals surface area contributed by atoms with Crippen LogP contribution in [0.1, 0.15) is 11.1 Å². The number of benzene rings is 2. The summed E-state index contributed by atoms with van der Waals surface area (Å²) in [5, 5.41) is 3.45. The maximum atomic E-state index is 5.22. The molecule has 2 aromatic carbocycles. The van der Waals surface area contributed by atoms with E-state index < -0.39 is 0 Å². The molecule has 1 N–H and O–H groups in total. The van der Waals surface area contributed by atoms with Gasteiger partial charge in [0, 0.05) is 15.8 Å². The molecule has 0 amide bonds. The van der Waals surface area contributed by atoms with Gasteiger partial charge >= 0.3 is 0 Å². The highest BCUT2D eigenvalue weighted by Crippen LogP contribution is 2.19. The van der Waals surface area contributed by atoms with Crippen molar-refractivity contribution in [3.8, 4) is 5.75 Å². The van der Waals surface area contributed by atoms with E-state index in [0.29, 0.717) is 0 Å². The standard InChI is InChI=1S/C15H16INO/c1-11-8-13(16)6-7-15(11)17-10-12-4-3-5-14(9-12)18-2/h3-9,17H,10H2,1-2H3. The van der Waals surface area contributed by atoms with Gasteiger partial charge in [-0.25, -0.2) is 0 Å². The SMILES string of the molecule is COc1cccc(CNc2ccc(I)cc2C)c1. The highest BCUT2D eigenvalue weighted by molar-refractivity contribution is 14.1. The Morgan fingerprint density at radius 3 is 2.72 bits per heavy atom. The topological polar surface area (TPSA) is 21.3 Å². The molecule has 0 saturated carbocycles. The van der Waals surface area contributed by atoms with Gasteiger partial charge in [-0.3, -0.25) is 0 Å². The largest absolute Gasteiger partial charge is 0.497 e. The van der Waals surface area contributed by atoms with Crippen molar-refractivity contribution >= 4 is 28.3 Å². The Hall–Kier alpha value is -1.23. The molecule has 0 radical (unpaired) electrons. The molecule has 0 bridgehead atoms. The van der Waals surface area contributed by atoms with E-state index in [2.05, 4.69) is 65.2 Å². The van der Waals surface area contributed by atoms with E-state index in [4.69, 9.17) is 4.74 Å². The summed E-state index contributed by atoms with van der Waals surface area (Å²) >= 11 is 2.33. The smallest absolute Gasteiger partial charge is 0.119 e. The van der Waals surface area contributed by atoms with E-state index in [1.165, 1.54) is 20.4 Å². The van der Waals surface area contributed by atoms with Crippen molar-refractivity contribution < 1.29 is 4.74 Å². The van der Waals surface area contributed by atoms with Crippen molar-refractivity contribution in [2.45, 2.75) is 13.5 Å². The van der Waals surface area contributed by atoms with Crippen LogP contribution in [0.15, 0.2) is 42.5 Å². The van der Waals surface area contributed by atoms with E-state index in [0.717, 1.165) is 12.3 Å². The Labute approximate surface area is 122 Å². The van der Waals surface area contributed by atoms with Gasteiger partial charge < -0.3 is 10.1 Å². The molecule has 0 aliphatic rings. The number of nitrogens with one attached hydrogen (secondary N) is 1. The third kappa shape index (κ3) is 3.38. The minimum absolute atomic E-state index is 0.804. The lowest BCUT2D eigenvalue weighted by Crippen LogP contribution is -2.01. The summed E-state index contributed by atoms with van der Waals surface area (Å²) in [6.07, 6.45) is 0. The summed E-state index contributed by atoms with van der Waals surface area (Å²) in [4.78, 5) is 0. The van der Waals surface area contributed by atoms with Crippen molar-refractivity contribution in [1.82, 2.24) is 0 Å². The first-order valence-electron chi connectivity index (χ1n) is 5.82. The number of ether oxygens (including phenoxy) is 1. The zero-order chi connectivity index (χ0) is 13.0. The Morgan fingerprint density at radius 2 is 2.00 bits per heavy atom. The van der Waals surface area contributed by atoms with E-state index in [-0.39, 0.29) is 0 Å². The van der Waals surface area contributed by atoms with Crippen LogP contribution >= 0.6 is 22.6 Å². The molecule has 0 fully saturated rings. The predicted molar refractivity (Wildman–Crippen MR) is 84.2 cm³/mol. The molecule has 0 aliphatic heterocycles. The highest BCUT2D eigenvalue weighted by Gasteiger charge is 2.00. The van der Waals surface area contributed by atoms with Gasteiger partial charge in [-0.1, -0.05) is 12.1 Å². The maximum Gasteiger partial charge on any atom is 0.119 e. The van der Waals surface area contributed by atoms with E-state index >= 15 is 0 Å². The zero-order valence-electron chi connectivity index (χ0n) is 10.5. The van der Waals surface area contributed by atoms with Crippen molar-refractivity contribution in [3.05, 3.63) is 57.2 Å². The van der Waals surface area contributed by atoms with E-state index in [1.807, 2.05) is 12.1 Å². The molecule has 0 aliphatic carbocycles. The lowest BCUT2D eigenvalue weighted by atomic mass is 10.1. The van der Waals surface area contributed by atoms with Crippen LogP contribution in [-0.2, 0) is 6.54 Å². The minimum atomic E-state index is 0.804. The maximum absolute atomic E-state index is 5.22. The van der Waals surface area contributed by atoms with Crippen LogP contribution in [0.25, 0.3) is 0 Å². The molecule has 94 valence electrons. The monoisotopic (exact) mass is 353 g/mol. The van der Waals surface area contributed by atoms with Gasteiger partial charge in [0.25, 0.3) is 0 Å². The van der Waals surface area contributed by atoms with E-state index in [1.54, 1.807) is 7.11 Å². The summed E-state index contributed by atoms with van der Waals surface area (Å²) in [6.45, 7) is 2.93. The van der Waals surface area contributed by atoms with Crippen LogP contribution in [0.5, 0.6) is 5.75 Å². The number of methoxy groups -OCH3 is 1. The van der Waals surface area contributed by atoms with Crippen LogP contribution in [0.4, 0.5) is 5.69 Å². The number of rotatable bonds is 4. The van der Waals surface area contributed by atoms with Gasteiger partial charge in [-0.05, 0) is 71.0 Å². The quantitative estimate of drug-likeness (QED) is 0.831. The highest BCUT2D eigenvalue weighted by atomic mass is 127. The second-order valence-electron chi connectivity index (χ2n) is 4.16. The Kier molecular flexibility index (Phi) is 4.47. The Morgan fingerprint density at radius 1 is 1.17 bits per heavy atom. The molecule has 2 aromatic rings. The van der Waals surface area contributed by atoms with E-state index in [9.17, 15) is 0 Å². The fourth-order valence-corrected chi connectivity index (χ4v) is 2.45. The molecule has 0 heterocycles. The number of halogens is 1. The van der Waals surface area contributed by atoms with Crippen LogP contribution in [-0.4, -0.2) is 7.11 Å². The lowest BCUT2D eigenvalue weighted by molar-refractivity contribution is 0.414. The molecule has 2 rings (SSSR count). The first-order valence-corrected chi connectivity index (χ1v) is 6.90. The molecular weight excluding hydrogens is 337 g/mol. The summed E-state index contributed by atoms with van der Waals surface area (Å²) in [7, 11) is 1.69. The number of aryl methyl sites for hydroxylation is 1. The minimum Gasteiger partial charge on any atom is -0.497 e. The number of anilines is 1. The van der Waals surface area contributed by atoms with Crippen molar-refractivity contribution in [1.29, 1.82) is 0 Å². The first-order chi connectivity index (χ1) is 8.69. The van der Waals surface area contributed by atoms with Crippen LogP contribution in [0.2, 0.25) is 0 Å². The van der Waals surface area contributed by atoms with Gasteiger partial charge in [-0.2, -0.15) is 0 Å². The summed E-state index contributed by atoms with van der Waals surface area (Å²) < 4.78 is 6.48. The normalized spacial score (nSPS) is 10.2. The average Bonchev–Trinajstić information content (AvgIpc) is 2.38. The predicted octanol–water partition coefficient (Wildman–Crippen LogP) is 4.22. The van der Waals surface area contributed by atoms with Gasteiger partial charge in [0.2, 0.25) is 0 Å². The zero-order valence-corrected chi connectivity index (χ0v) is 12.7. The van der Waals surface area contributed by atoms with Crippen LogP contribution in [0.3, 0.4) is 0 Å². The number of hydrogen-bond donors (Lipinski definition) is 1. The van der Waals surface area contributed by atoms with Crippen molar-refractivity contribution in [2.75, 3.05) is 12.4 Å². The second kappa shape index (κ2) is 6.09. The van der Waals surface area contributed by atoms with Crippen molar-refractivity contribution in [2.24, 2.45) is 0 Å². The number of hydrogen-bond acceptors (Lipinski definition) is 2. The fraction of sp³-hybridized carbons (Fsp3) is 0.200. The van der Waals surface area contributed by atoms with Crippen molar-refractivity contribution in [3.63, 3.8) is 0 Å². The molecule has 2 nitrogen and oxygen atoms in total. The molecule has 0 aromatic heterocycles. The van der Waals surface area contributed by atoms with Gasteiger partial charge in [0.05, 0.1) is 7.11 Å².